The third-order valence-electron chi connectivity index (χ3n) is 3.16. The molecule has 25 heavy (non-hydrogen) atoms. The second kappa shape index (κ2) is 5.85. The van der Waals surface area contributed by atoms with Gasteiger partial charge in [0.05, 0.1) is 5.56 Å². The molecular weight excluding hydrogens is 368 g/mol. The highest BCUT2D eigenvalue weighted by Gasteiger charge is 2.33. The van der Waals surface area contributed by atoms with Gasteiger partial charge in [0.25, 0.3) is 5.88 Å². The molecule has 0 saturated heterocycles. The van der Waals surface area contributed by atoms with Crippen molar-refractivity contribution in [1.29, 1.82) is 0 Å². The molecule has 14 heteroatoms. The van der Waals surface area contributed by atoms with Gasteiger partial charge in [-0.3, -0.25) is 9.68 Å². The topological polar surface area (TPSA) is 207 Å². The molecule has 0 atom stereocenters. The summed E-state index contributed by atoms with van der Waals surface area (Å²) < 4.78 is 27.7. The fourth-order valence-electron chi connectivity index (χ4n) is 1.90. The van der Waals surface area contributed by atoms with Crippen molar-refractivity contribution in [2.45, 2.75) is 18.7 Å². The van der Waals surface area contributed by atoms with Gasteiger partial charge >= 0.3 is 6.16 Å². The van der Waals surface area contributed by atoms with Crippen LogP contribution in [0.15, 0.2) is 4.90 Å². The molecule has 0 fully saturated rings. The SMILES string of the molecule is Cc1c(O)c(O)n(OC(=O)On2c(O)c(C)c(S(O)(O)O)c2O)c1O. The Kier molecular flexibility index (Phi) is 4.31. The summed E-state index contributed by atoms with van der Waals surface area (Å²) in [5.41, 5.74) is -0.628. The van der Waals surface area contributed by atoms with Crippen molar-refractivity contribution in [3.8, 4) is 29.3 Å². The van der Waals surface area contributed by atoms with Gasteiger partial charge in [-0.15, -0.1) is 0 Å². The summed E-state index contributed by atoms with van der Waals surface area (Å²) in [7, 11) is -4.46. The van der Waals surface area contributed by atoms with E-state index in [4.69, 9.17) is 0 Å². The van der Waals surface area contributed by atoms with Crippen molar-refractivity contribution >= 4 is 17.0 Å². The molecular formula is C11H14N2O11S. The average molecular weight is 382 g/mol. The Bertz CT molecular complexity index is 822. The minimum absolute atomic E-state index is 0.00171. The zero-order valence-electron chi connectivity index (χ0n) is 12.6. The summed E-state index contributed by atoms with van der Waals surface area (Å²) >= 11 is 0. The van der Waals surface area contributed by atoms with Crippen molar-refractivity contribution in [2.24, 2.45) is 0 Å². The highest BCUT2D eigenvalue weighted by Crippen LogP contribution is 2.53. The first kappa shape index (κ1) is 18.4. The van der Waals surface area contributed by atoms with Gasteiger partial charge in [-0.2, -0.15) is 4.79 Å². The van der Waals surface area contributed by atoms with E-state index in [9.17, 15) is 44.0 Å². The lowest BCUT2D eigenvalue weighted by molar-refractivity contribution is 0.0193. The lowest BCUT2D eigenvalue weighted by Gasteiger charge is -2.18. The maximum absolute atomic E-state index is 11.7. The van der Waals surface area contributed by atoms with Crippen LogP contribution >= 0.6 is 10.9 Å². The van der Waals surface area contributed by atoms with Gasteiger partial charge < -0.3 is 39.2 Å². The first-order chi connectivity index (χ1) is 11.4. The van der Waals surface area contributed by atoms with Crippen LogP contribution < -0.4 is 9.68 Å². The molecule has 0 bridgehead atoms. The Morgan fingerprint density at radius 2 is 1.24 bits per heavy atom. The lowest BCUT2D eigenvalue weighted by Crippen LogP contribution is -2.28. The molecule has 0 aliphatic heterocycles. The minimum Gasteiger partial charge on any atom is -0.503 e. The number of aromatic nitrogens is 2. The Labute approximate surface area is 140 Å². The summed E-state index contributed by atoms with van der Waals surface area (Å²) in [6.45, 7) is 2.27. The second-order valence-electron chi connectivity index (χ2n) is 4.76. The molecule has 0 aliphatic rings. The van der Waals surface area contributed by atoms with Crippen molar-refractivity contribution in [3.63, 3.8) is 0 Å². The molecule has 0 saturated carbocycles. The van der Waals surface area contributed by atoms with E-state index in [2.05, 4.69) is 9.68 Å². The van der Waals surface area contributed by atoms with Crippen LogP contribution in [0.2, 0.25) is 0 Å². The minimum atomic E-state index is -4.46. The Morgan fingerprint density at radius 1 is 0.800 bits per heavy atom. The number of rotatable bonds is 3. The van der Waals surface area contributed by atoms with Gasteiger partial charge in [0.1, 0.15) is 15.8 Å². The van der Waals surface area contributed by atoms with E-state index in [1.807, 2.05) is 0 Å². The standard InChI is InChI=1S/C11H14N2O11S/c1-3-5(14)9(17)12(7(3)15)23-11(19)24-13-8(16)4(2)6(10(13)18)25(20,21)22/h14-18,20-22H,1-2H3. The van der Waals surface area contributed by atoms with E-state index < -0.39 is 56.8 Å². The molecule has 2 aromatic heterocycles. The highest BCUT2D eigenvalue weighted by molar-refractivity contribution is 8.19. The number of aromatic hydroxyl groups is 5. The van der Waals surface area contributed by atoms with Crippen LogP contribution in [0.3, 0.4) is 0 Å². The largest absolute Gasteiger partial charge is 0.560 e. The van der Waals surface area contributed by atoms with E-state index in [1.54, 1.807) is 0 Å². The summed E-state index contributed by atoms with van der Waals surface area (Å²) in [4.78, 5) is 19.6. The predicted octanol–water partition coefficient (Wildman–Crippen LogP) is 0.694. The molecule has 13 nitrogen and oxygen atoms in total. The molecule has 8 N–H and O–H groups in total. The average Bonchev–Trinajstić information content (AvgIpc) is 2.82. The second-order valence-corrected chi connectivity index (χ2v) is 6.21. The third-order valence-corrected chi connectivity index (χ3v) is 4.19. The van der Waals surface area contributed by atoms with E-state index >= 15 is 0 Å². The van der Waals surface area contributed by atoms with Crippen LogP contribution in [0.1, 0.15) is 11.1 Å². The fourth-order valence-corrected chi connectivity index (χ4v) is 2.73. The summed E-state index contributed by atoms with van der Waals surface area (Å²) in [6, 6.07) is 0. The van der Waals surface area contributed by atoms with Crippen LogP contribution in [-0.2, 0) is 0 Å². The number of carbonyl (C=O) groups excluding carboxylic acids is 1. The smallest absolute Gasteiger partial charge is 0.503 e. The van der Waals surface area contributed by atoms with Gasteiger partial charge in [0, 0.05) is 5.56 Å². The zero-order valence-corrected chi connectivity index (χ0v) is 13.4. The highest BCUT2D eigenvalue weighted by atomic mass is 32.3. The molecule has 0 amide bonds. The van der Waals surface area contributed by atoms with Crippen molar-refractivity contribution in [1.82, 2.24) is 9.46 Å². The maximum atomic E-state index is 11.7. The van der Waals surface area contributed by atoms with Gasteiger partial charge in [-0.05, 0) is 13.8 Å². The normalized spacial score (nSPS) is 12.2. The molecule has 0 spiro atoms. The maximum Gasteiger partial charge on any atom is 0.560 e. The Hall–Kier alpha value is -2.94. The monoisotopic (exact) mass is 382 g/mol. The zero-order chi connectivity index (χ0) is 19.3. The van der Waals surface area contributed by atoms with Crippen LogP contribution in [0.5, 0.6) is 29.3 Å². The van der Waals surface area contributed by atoms with Crippen LogP contribution in [0.25, 0.3) is 0 Å². The molecule has 0 aliphatic carbocycles. The van der Waals surface area contributed by atoms with E-state index in [0.717, 1.165) is 6.92 Å². The quantitative estimate of drug-likeness (QED) is 0.370. The molecule has 2 heterocycles. The number of hydrogen-bond acceptors (Lipinski definition) is 11. The van der Waals surface area contributed by atoms with Gasteiger partial charge in [0.15, 0.2) is 5.75 Å². The Balaban J connectivity index is 2.33. The van der Waals surface area contributed by atoms with Gasteiger partial charge in [-0.25, -0.2) is 0 Å². The van der Waals surface area contributed by atoms with Crippen LogP contribution in [-0.4, -0.2) is 54.8 Å². The van der Waals surface area contributed by atoms with E-state index in [-0.39, 0.29) is 15.0 Å². The summed E-state index contributed by atoms with van der Waals surface area (Å²) in [6.07, 6.45) is -1.73. The molecule has 0 unspecified atom stereocenters. The van der Waals surface area contributed by atoms with Crippen LogP contribution in [0, 0.1) is 13.8 Å². The molecule has 140 valence electrons. The van der Waals surface area contributed by atoms with E-state index in [1.165, 1.54) is 6.92 Å². The predicted molar refractivity (Wildman–Crippen MR) is 79.0 cm³/mol. The molecule has 2 aromatic rings. The van der Waals surface area contributed by atoms with Gasteiger partial charge in [-0.1, -0.05) is 9.46 Å². The first-order valence-electron chi connectivity index (χ1n) is 6.24. The number of hydrogen-bond donors (Lipinski definition) is 8. The van der Waals surface area contributed by atoms with E-state index in [0.29, 0.717) is 0 Å². The van der Waals surface area contributed by atoms with Crippen molar-refractivity contribution in [3.05, 3.63) is 11.1 Å². The Morgan fingerprint density at radius 3 is 1.60 bits per heavy atom. The molecule has 2 rings (SSSR count). The third kappa shape index (κ3) is 2.93. The number of nitrogens with zero attached hydrogens (tertiary/aromatic N) is 2. The van der Waals surface area contributed by atoms with Gasteiger partial charge in [0.2, 0.25) is 17.6 Å². The summed E-state index contributed by atoms with van der Waals surface area (Å²) in [5.74, 6) is -4.83. The summed E-state index contributed by atoms with van der Waals surface area (Å²) in [5, 5.41) is 48.0. The number of carbonyl (C=O) groups is 1. The van der Waals surface area contributed by atoms with Crippen LogP contribution in [0.4, 0.5) is 4.79 Å². The molecule has 0 aromatic carbocycles. The lowest BCUT2D eigenvalue weighted by atomic mass is 10.3. The van der Waals surface area contributed by atoms with Crippen molar-refractivity contribution in [2.75, 3.05) is 0 Å². The first-order valence-corrected chi connectivity index (χ1v) is 7.75. The molecule has 0 radical (unpaired) electrons. The van der Waals surface area contributed by atoms with Crippen molar-refractivity contribution < 1.29 is 53.7 Å². The fraction of sp³-hybridized carbons (Fsp3) is 0.182.